The number of rotatable bonds is 1. The lowest BCUT2D eigenvalue weighted by Gasteiger charge is -1.91. The van der Waals surface area contributed by atoms with E-state index in [9.17, 15) is 0 Å². The molecule has 0 atom stereocenters. The molecule has 1 heterocycles. The lowest BCUT2D eigenvalue weighted by atomic mass is 10.6. The fourth-order valence-corrected chi connectivity index (χ4v) is 0.281. The van der Waals surface area contributed by atoms with Crippen molar-refractivity contribution in [2.75, 3.05) is 6.54 Å². The highest BCUT2D eigenvalue weighted by atomic mass is 16.9. The van der Waals surface area contributed by atoms with Crippen LogP contribution in [0.2, 0.25) is 0 Å². The van der Waals surface area contributed by atoms with Gasteiger partial charge in [0, 0.05) is 5.64 Å². The molecule has 4 nitrogen and oxygen atoms in total. The van der Waals surface area contributed by atoms with Crippen LogP contribution in [-0.2, 0) is 9.68 Å². The highest BCUT2D eigenvalue weighted by molar-refractivity contribution is 4.89. The van der Waals surface area contributed by atoms with Crippen LogP contribution >= 0.6 is 0 Å². The predicted octanol–water partition coefficient (Wildman–Crippen LogP) is -0.747. The molecule has 40 valence electrons. The van der Waals surface area contributed by atoms with Crippen LogP contribution in [0.15, 0.2) is 12.0 Å². The lowest BCUT2D eigenvalue weighted by Crippen LogP contribution is -2.08. The van der Waals surface area contributed by atoms with Crippen molar-refractivity contribution in [1.82, 2.24) is 5.64 Å². The Kier molecular flexibility index (Phi) is 1.14. The summed E-state index contributed by atoms with van der Waals surface area (Å²) in [6, 6.07) is 0. The van der Waals surface area contributed by atoms with E-state index in [-0.39, 0.29) is 0 Å². The van der Waals surface area contributed by atoms with E-state index < -0.39 is 0 Å². The molecule has 0 saturated heterocycles. The van der Waals surface area contributed by atoms with Crippen LogP contribution in [0.3, 0.4) is 0 Å². The zero-order chi connectivity index (χ0) is 5.11. The summed E-state index contributed by atoms with van der Waals surface area (Å²) in [6.07, 6.45) is 1.42. The van der Waals surface area contributed by atoms with E-state index in [4.69, 9.17) is 5.73 Å². The molecule has 0 amide bonds. The molecule has 1 rings (SSSR count). The molecule has 1 aliphatic heterocycles. The minimum atomic E-state index is 0.368. The Bertz CT molecular complexity index is 90.9. The van der Waals surface area contributed by atoms with Crippen LogP contribution < -0.4 is 11.4 Å². The maximum atomic E-state index is 5.12. The first kappa shape index (κ1) is 4.42. The smallest absolute Gasteiger partial charge is 0.178 e. The van der Waals surface area contributed by atoms with E-state index in [2.05, 4.69) is 15.3 Å². The topological polar surface area (TPSA) is 56.5 Å². The van der Waals surface area contributed by atoms with Crippen molar-refractivity contribution in [2.24, 2.45) is 5.73 Å². The summed E-state index contributed by atoms with van der Waals surface area (Å²) in [5.74, 6) is 0.611. The van der Waals surface area contributed by atoms with Gasteiger partial charge < -0.3 is 15.4 Å². The van der Waals surface area contributed by atoms with Crippen molar-refractivity contribution in [1.29, 1.82) is 0 Å². The Morgan fingerprint density at radius 1 is 1.86 bits per heavy atom. The average molecular weight is 102 g/mol. The van der Waals surface area contributed by atoms with Gasteiger partial charge in [-0.05, 0) is 0 Å². The zero-order valence-electron chi connectivity index (χ0n) is 3.68. The van der Waals surface area contributed by atoms with E-state index in [0.717, 1.165) is 0 Å². The maximum absolute atomic E-state index is 5.12. The molecular formula is C3H6N2O2. The van der Waals surface area contributed by atoms with Crippen molar-refractivity contribution in [3.05, 3.63) is 12.0 Å². The third kappa shape index (κ3) is 0.819. The van der Waals surface area contributed by atoms with Gasteiger partial charge in [-0.1, -0.05) is 0 Å². The number of nitrogens with one attached hydrogen (secondary N) is 1. The fourth-order valence-electron chi connectivity index (χ4n) is 0.281. The first-order valence-electron chi connectivity index (χ1n) is 1.90. The Labute approximate surface area is 40.8 Å². The highest BCUT2D eigenvalue weighted by Crippen LogP contribution is 1.96. The Morgan fingerprint density at radius 2 is 2.71 bits per heavy atom. The van der Waals surface area contributed by atoms with Crippen LogP contribution in [0.4, 0.5) is 0 Å². The van der Waals surface area contributed by atoms with Gasteiger partial charge in [0.1, 0.15) is 0 Å². The van der Waals surface area contributed by atoms with Gasteiger partial charge in [0.05, 0.1) is 6.54 Å². The highest BCUT2D eigenvalue weighted by Gasteiger charge is 2.00. The largest absolute Gasteiger partial charge is 0.378 e. The van der Waals surface area contributed by atoms with Crippen molar-refractivity contribution in [3.8, 4) is 0 Å². The van der Waals surface area contributed by atoms with E-state index in [0.29, 0.717) is 12.3 Å². The predicted molar refractivity (Wildman–Crippen MR) is 22.4 cm³/mol. The van der Waals surface area contributed by atoms with Gasteiger partial charge in [-0.25, -0.2) is 0 Å². The van der Waals surface area contributed by atoms with Crippen molar-refractivity contribution in [3.63, 3.8) is 0 Å². The molecule has 1 aliphatic rings. The molecule has 0 bridgehead atoms. The number of hydrogen-bond acceptors (Lipinski definition) is 4. The molecular weight excluding hydrogens is 96.0 g/mol. The van der Waals surface area contributed by atoms with Crippen LogP contribution in [0.1, 0.15) is 0 Å². The van der Waals surface area contributed by atoms with Gasteiger partial charge in [0.25, 0.3) is 0 Å². The summed E-state index contributed by atoms with van der Waals surface area (Å²) >= 11 is 0. The molecule has 0 spiro atoms. The SMILES string of the molecule is NCC1=CONO1. The third-order valence-electron chi connectivity index (χ3n) is 0.612. The third-order valence-corrected chi connectivity index (χ3v) is 0.612. The second-order valence-electron chi connectivity index (χ2n) is 1.09. The van der Waals surface area contributed by atoms with E-state index >= 15 is 0 Å². The molecule has 4 heteroatoms. The molecule has 3 N–H and O–H groups in total. The van der Waals surface area contributed by atoms with Crippen LogP contribution in [-0.4, -0.2) is 6.54 Å². The summed E-state index contributed by atoms with van der Waals surface area (Å²) in [5.41, 5.74) is 7.27. The molecule has 0 aromatic heterocycles. The molecule has 0 radical (unpaired) electrons. The summed E-state index contributed by atoms with van der Waals surface area (Å²) < 4.78 is 0. The first-order valence-corrected chi connectivity index (χ1v) is 1.90. The minimum Gasteiger partial charge on any atom is -0.378 e. The van der Waals surface area contributed by atoms with Crippen LogP contribution in [0.5, 0.6) is 0 Å². The maximum Gasteiger partial charge on any atom is 0.178 e. The van der Waals surface area contributed by atoms with Gasteiger partial charge in [0.15, 0.2) is 12.0 Å². The van der Waals surface area contributed by atoms with E-state index in [1.54, 1.807) is 0 Å². The van der Waals surface area contributed by atoms with Crippen molar-refractivity contribution >= 4 is 0 Å². The zero-order valence-corrected chi connectivity index (χ0v) is 3.68. The Hall–Kier alpha value is -0.740. The first-order chi connectivity index (χ1) is 3.43. The van der Waals surface area contributed by atoms with Crippen molar-refractivity contribution < 1.29 is 9.68 Å². The molecule has 0 aromatic carbocycles. The lowest BCUT2D eigenvalue weighted by molar-refractivity contribution is -0.0578. The van der Waals surface area contributed by atoms with Crippen LogP contribution in [0.25, 0.3) is 0 Å². The second-order valence-corrected chi connectivity index (χ2v) is 1.09. The summed E-state index contributed by atoms with van der Waals surface area (Å²) in [6.45, 7) is 0.368. The molecule has 0 aliphatic carbocycles. The Balaban J connectivity index is 2.36. The second kappa shape index (κ2) is 1.81. The standard InChI is InChI=1S/C3H6N2O2/c4-1-3-2-6-5-7-3/h2,5H,1,4H2. The summed E-state index contributed by atoms with van der Waals surface area (Å²) in [5, 5.41) is 0. The molecule has 7 heavy (non-hydrogen) atoms. The summed E-state index contributed by atoms with van der Waals surface area (Å²) in [7, 11) is 0. The van der Waals surface area contributed by atoms with E-state index in [1.165, 1.54) is 6.26 Å². The van der Waals surface area contributed by atoms with Gasteiger partial charge >= 0.3 is 0 Å². The quantitative estimate of drug-likeness (QED) is 0.457. The Morgan fingerprint density at radius 3 is 3.00 bits per heavy atom. The molecule has 0 saturated carbocycles. The minimum absolute atomic E-state index is 0.368. The summed E-state index contributed by atoms with van der Waals surface area (Å²) in [4.78, 5) is 9.00. The van der Waals surface area contributed by atoms with Crippen molar-refractivity contribution in [2.45, 2.75) is 0 Å². The van der Waals surface area contributed by atoms with Crippen LogP contribution in [0, 0.1) is 0 Å². The van der Waals surface area contributed by atoms with Gasteiger partial charge in [0.2, 0.25) is 0 Å². The normalized spacial score (nSPS) is 17.6. The van der Waals surface area contributed by atoms with Gasteiger partial charge in [-0.2, -0.15) is 0 Å². The molecule has 0 fully saturated rings. The van der Waals surface area contributed by atoms with Gasteiger partial charge in [-0.15, -0.1) is 0 Å². The monoisotopic (exact) mass is 102 g/mol. The molecule has 0 unspecified atom stereocenters. The number of nitrogens with two attached hydrogens (primary N) is 1. The fraction of sp³-hybridized carbons (Fsp3) is 0.333. The average Bonchev–Trinajstić information content (AvgIpc) is 2.14. The van der Waals surface area contributed by atoms with E-state index in [1.807, 2.05) is 0 Å². The molecule has 0 aromatic rings. The number of hydrogen-bond donors (Lipinski definition) is 2. The van der Waals surface area contributed by atoms with Gasteiger partial charge in [-0.3, -0.25) is 0 Å².